The Morgan fingerprint density at radius 2 is 2.07 bits per heavy atom. The highest BCUT2D eigenvalue weighted by molar-refractivity contribution is 5.45. The molecule has 5 heteroatoms. The Morgan fingerprint density at radius 1 is 1.33 bits per heavy atom. The third kappa shape index (κ3) is 1.71. The van der Waals surface area contributed by atoms with Gasteiger partial charge in [0.2, 0.25) is 6.79 Å². The number of alkyl halides is 2. The molecule has 1 aliphatic heterocycles. The second-order valence-electron chi connectivity index (χ2n) is 3.11. The summed E-state index contributed by atoms with van der Waals surface area (Å²) in [7, 11) is 0. The van der Waals surface area contributed by atoms with E-state index in [1.165, 1.54) is 24.3 Å². The van der Waals surface area contributed by atoms with Crippen molar-refractivity contribution in [2.24, 2.45) is 0 Å². The fourth-order valence-electron chi connectivity index (χ4n) is 1.33. The third-order valence-corrected chi connectivity index (χ3v) is 2.10. The zero-order valence-electron chi connectivity index (χ0n) is 7.67. The van der Waals surface area contributed by atoms with Gasteiger partial charge >= 0.3 is 0 Å². The number of nitriles is 1. The van der Waals surface area contributed by atoms with Gasteiger partial charge in [0, 0.05) is 5.56 Å². The average Bonchev–Trinajstić information content (AvgIpc) is 2.63. The summed E-state index contributed by atoms with van der Waals surface area (Å²) < 4.78 is 36.6. The Morgan fingerprint density at radius 3 is 2.80 bits per heavy atom. The van der Waals surface area contributed by atoms with Crippen molar-refractivity contribution >= 4 is 0 Å². The zero-order chi connectivity index (χ0) is 10.9. The maximum absolute atomic E-state index is 13.3. The Hall–Kier alpha value is -1.83. The molecule has 3 nitrogen and oxygen atoms in total. The van der Waals surface area contributed by atoms with E-state index >= 15 is 0 Å². The Bertz CT molecular complexity index is 426. The lowest BCUT2D eigenvalue weighted by molar-refractivity contribution is 0.000776. The zero-order valence-corrected chi connectivity index (χ0v) is 7.67. The normalized spacial score (nSPS) is 13.7. The Kier molecular flexibility index (Phi) is 2.19. The molecule has 15 heavy (non-hydrogen) atoms. The molecular formula is C10H7F2NO2. The molecule has 0 radical (unpaired) electrons. The first-order chi connectivity index (χ1) is 7.13. The fraction of sp³-hybridized carbons (Fsp3) is 0.300. The summed E-state index contributed by atoms with van der Waals surface area (Å²) in [6.45, 7) is 0.0443. The van der Waals surface area contributed by atoms with Gasteiger partial charge in [0.15, 0.2) is 11.5 Å². The molecule has 0 spiro atoms. The first-order valence-electron chi connectivity index (χ1n) is 4.28. The molecule has 78 valence electrons. The Balaban J connectivity index is 2.34. The molecule has 0 unspecified atom stereocenters. The molecule has 0 bridgehead atoms. The van der Waals surface area contributed by atoms with Crippen LogP contribution < -0.4 is 9.47 Å². The SMILES string of the molecule is N#CCC(F)(F)c1ccc2c(c1)OCO2. The molecule has 0 saturated heterocycles. The fourth-order valence-corrected chi connectivity index (χ4v) is 1.33. The minimum atomic E-state index is -3.14. The van der Waals surface area contributed by atoms with Crippen LogP contribution in [0.5, 0.6) is 11.5 Å². The molecule has 1 aromatic rings. The van der Waals surface area contributed by atoms with E-state index in [9.17, 15) is 8.78 Å². The summed E-state index contributed by atoms with van der Waals surface area (Å²) in [6, 6.07) is 5.32. The molecule has 0 aliphatic carbocycles. The van der Waals surface area contributed by atoms with Crippen molar-refractivity contribution in [3.63, 3.8) is 0 Å². The summed E-state index contributed by atoms with van der Waals surface area (Å²) in [5.41, 5.74) is -0.228. The smallest absolute Gasteiger partial charge is 0.286 e. The number of rotatable bonds is 2. The third-order valence-electron chi connectivity index (χ3n) is 2.10. The highest BCUT2D eigenvalue weighted by atomic mass is 19.3. The summed E-state index contributed by atoms with van der Waals surface area (Å²) in [4.78, 5) is 0. The molecule has 1 heterocycles. The lowest BCUT2D eigenvalue weighted by Crippen LogP contribution is -2.11. The van der Waals surface area contributed by atoms with Gasteiger partial charge in [-0.1, -0.05) is 0 Å². The van der Waals surface area contributed by atoms with E-state index in [1.54, 1.807) is 0 Å². The van der Waals surface area contributed by atoms with Gasteiger partial charge in [-0.2, -0.15) is 5.26 Å². The highest BCUT2D eigenvalue weighted by Crippen LogP contribution is 2.39. The van der Waals surface area contributed by atoms with Gasteiger partial charge < -0.3 is 9.47 Å². The van der Waals surface area contributed by atoms with Crippen LogP contribution in [-0.4, -0.2) is 6.79 Å². The number of benzene rings is 1. The molecule has 1 aromatic carbocycles. The van der Waals surface area contributed by atoms with Crippen molar-refractivity contribution in [3.8, 4) is 17.6 Å². The average molecular weight is 211 g/mol. The molecule has 0 atom stereocenters. The molecule has 0 saturated carbocycles. The van der Waals surface area contributed by atoms with Crippen LogP contribution in [0.25, 0.3) is 0 Å². The van der Waals surface area contributed by atoms with E-state index in [2.05, 4.69) is 0 Å². The number of hydrogen-bond acceptors (Lipinski definition) is 3. The minimum Gasteiger partial charge on any atom is -0.454 e. The summed E-state index contributed by atoms with van der Waals surface area (Å²) in [6.07, 6.45) is -0.841. The molecular weight excluding hydrogens is 204 g/mol. The van der Waals surface area contributed by atoms with E-state index in [0.717, 1.165) is 0 Å². The molecule has 0 aromatic heterocycles. The van der Waals surface area contributed by atoms with Gasteiger partial charge in [0.1, 0.15) is 6.42 Å². The number of nitrogens with zero attached hydrogens (tertiary/aromatic N) is 1. The maximum Gasteiger partial charge on any atom is 0.286 e. The van der Waals surface area contributed by atoms with Gasteiger partial charge in [-0.05, 0) is 18.2 Å². The maximum atomic E-state index is 13.3. The van der Waals surface area contributed by atoms with Crippen molar-refractivity contribution < 1.29 is 18.3 Å². The van der Waals surface area contributed by atoms with Crippen molar-refractivity contribution in [3.05, 3.63) is 23.8 Å². The summed E-state index contributed by atoms with van der Waals surface area (Å²) in [5.74, 6) is -2.40. The number of fused-ring (bicyclic) bond motifs is 1. The predicted octanol–water partition coefficient (Wildman–Crippen LogP) is 2.42. The van der Waals surface area contributed by atoms with Crippen LogP contribution in [0.15, 0.2) is 18.2 Å². The van der Waals surface area contributed by atoms with Crippen molar-refractivity contribution in [2.45, 2.75) is 12.3 Å². The monoisotopic (exact) mass is 211 g/mol. The topological polar surface area (TPSA) is 42.2 Å². The largest absolute Gasteiger partial charge is 0.454 e. The standard InChI is InChI=1S/C10H7F2NO2/c11-10(12,3-4-13)7-1-2-8-9(5-7)15-6-14-8/h1-2,5H,3,6H2. The van der Waals surface area contributed by atoms with Crippen LogP contribution in [0.1, 0.15) is 12.0 Å². The first kappa shape index (κ1) is 9.71. The van der Waals surface area contributed by atoms with E-state index in [0.29, 0.717) is 11.5 Å². The van der Waals surface area contributed by atoms with Crippen LogP contribution in [-0.2, 0) is 5.92 Å². The van der Waals surface area contributed by atoms with Crippen LogP contribution in [0.4, 0.5) is 8.78 Å². The highest BCUT2D eigenvalue weighted by Gasteiger charge is 2.32. The van der Waals surface area contributed by atoms with Gasteiger partial charge in [-0.3, -0.25) is 0 Å². The minimum absolute atomic E-state index is 0.0443. The quantitative estimate of drug-likeness (QED) is 0.754. The van der Waals surface area contributed by atoms with Crippen molar-refractivity contribution in [2.75, 3.05) is 6.79 Å². The van der Waals surface area contributed by atoms with Crippen molar-refractivity contribution in [1.29, 1.82) is 5.26 Å². The summed E-state index contributed by atoms with van der Waals surface area (Å²) in [5, 5.41) is 8.27. The molecule has 1 aliphatic rings. The predicted molar refractivity (Wildman–Crippen MR) is 46.7 cm³/mol. The van der Waals surface area contributed by atoms with Gasteiger partial charge in [-0.15, -0.1) is 0 Å². The van der Waals surface area contributed by atoms with Crippen LogP contribution in [0, 0.1) is 11.3 Å². The number of hydrogen-bond donors (Lipinski definition) is 0. The lowest BCUT2D eigenvalue weighted by atomic mass is 10.1. The van der Waals surface area contributed by atoms with Gasteiger partial charge in [-0.25, -0.2) is 8.78 Å². The van der Waals surface area contributed by atoms with E-state index in [-0.39, 0.29) is 12.4 Å². The van der Waals surface area contributed by atoms with E-state index in [1.807, 2.05) is 0 Å². The first-order valence-corrected chi connectivity index (χ1v) is 4.28. The van der Waals surface area contributed by atoms with Crippen molar-refractivity contribution in [1.82, 2.24) is 0 Å². The van der Waals surface area contributed by atoms with Crippen LogP contribution in [0.3, 0.4) is 0 Å². The lowest BCUT2D eigenvalue weighted by Gasteiger charge is -2.12. The number of ether oxygens (including phenoxy) is 2. The summed E-state index contributed by atoms with van der Waals surface area (Å²) >= 11 is 0. The Labute approximate surface area is 84.8 Å². The molecule has 0 amide bonds. The molecule has 0 fully saturated rings. The molecule has 0 N–H and O–H groups in total. The second kappa shape index (κ2) is 3.39. The number of halogens is 2. The second-order valence-corrected chi connectivity index (χ2v) is 3.11. The van der Waals surface area contributed by atoms with Gasteiger partial charge in [0.05, 0.1) is 6.07 Å². The van der Waals surface area contributed by atoms with Crippen LogP contribution in [0.2, 0.25) is 0 Å². The van der Waals surface area contributed by atoms with Gasteiger partial charge in [0.25, 0.3) is 5.92 Å². The van der Waals surface area contributed by atoms with Crippen LogP contribution >= 0.6 is 0 Å². The van der Waals surface area contributed by atoms with E-state index < -0.39 is 12.3 Å². The molecule has 2 rings (SSSR count). The van der Waals surface area contributed by atoms with E-state index in [4.69, 9.17) is 14.7 Å².